The summed E-state index contributed by atoms with van der Waals surface area (Å²) in [5.41, 5.74) is 2.71. The van der Waals surface area contributed by atoms with E-state index in [0.29, 0.717) is 23.5 Å². The van der Waals surface area contributed by atoms with Crippen molar-refractivity contribution in [2.24, 2.45) is 0 Å². The largest absolute Gasteiger partial charge is 0.446 e. The lowest BCUT2D eigenvalue weighted by molar-refractivity contribution is -0.117. The number of benzene rings is 2. The highest BCUT2D eigenvalue weighted by Crippen LogP contribution is 2.39. The van der Waals surface area contributed by atoms with Gasteiger partial charge in [0.1, 0.15) is 6.10 Å². The van der Waals surface area contributed by atoms with E-state index in [9.17, 15) is 18.0 Å². The summed E-state index contributed by atoms with van der Waals surface area (Å²) in [6.45, 7) is 3.75. The van der Waals surface area contributed by atoms with Crippen molar-refractivity contribution in [2.45, 2.75) is 63.0 Å². The van der Waals surface area contributed by atoms with Gasteiger partial charge in [-0.3, -0.25) is 9.69 Å². The summed E-state index contributed by atoms with van der Waals surface area (Å²) in [5.74, 6) is -0.101. The van der Waals surface area contributed by atoms with Crippen molar-refractivity contribution < 1.29 is 22.7 Å². The number of amides is 2. The van der Waals surface area contributed by atoms with Crippen molar-refractivity contribution in [1.82, 2.24) is 0 Å². The predicted octanol–water partition coefficient (Wildman–Crippen LogP) is 4.79. The van der Waals surface area contributed by atoms with Crippen molar-refractivity contribution in [3.8, 4) is 11.1 Å². The molecule has 1 fully saturated rings. The summed E-state index contributed by atoms with van der Waals surface area (Å²) in [6.07, 6.45) is 5.73. The van der Waals surface area contributed by atoms with Crippen LogP contribution in [0.1, 0.15) is 46.0 Å². The van der Waals surface area contributed by atoms with Crippen LogP contribution < -0.4 is 9.80 Å². The van der Waals surface area contributed by atoms with Crippen LogP contribution in [0.15, 0.2) is 47.4 Å². The maximum atomic E-state index is 13.2. The summed E-state index contributed by atoms with van der Waals surface area (Å²) < 4.78 is 29.9. The number of fused-ring (bicyclic) bond motifs is 1. The van der Waals surface area contributed by atoms with Gasteiger partial charge in [0.2, 0.25) is 5.91 Å². The van der Waals surface area contributed by atoms with Gasteiger partial charge < -0.3 is 9.64 Å². The van der Waals surface area contributed by atoms with Crippen LogP contribution in [0.2, 0.25) is 0 Å². The Morgan fingerprint density at radius 2 is 1.67 bits per heavy atom. The van der Waals surface area contributed by atoms with Gasteiger partial charge in [0, 0.05) is 19.7 Å². The first-order valence-electron chi connectivity index (χ1n) is 11.4. The third kappa shape index (κ3) is 4.90. The Morgan fingerprint density at radius 3 is 2.33 bits per heavy atom. The molecule has 0 saturated heterocycles. The van der Waals surface area contributed by atoms with E-state index in [-0.39, 0.29) is 22.9 Å². The van der Waals surface area contributed by atoms with E-state index in [2.05, 4.69) is 0 Å². The number of rotatable bonds is 3. The highest BCUT2D eigenvalue weighted by Gasteiger charge is 2.35. The zero-order valence-electron chi connectivity index (χ0n) is 19.3. The van der Waals surface area contributed by atoms with E-state index in [1.807, 2.05) is 31.2 Å². The number of nitrogens with zero attached hydrogens (tertiary/aromatic N) is 2. The van der Waals surface area contributed by atoms with E-state index >= 15 is 0 Å². The van der Waals surface area contributed by atoms with E-state index in [1.165, 1.54) is 19.6 Å². The number of carbonyl (C=O) groups is 2. The third-order valence-corrected chi connectivity index (χ3v) is 7.50. The van der Waals surface area contributed by atoms with Crippen LogP contribution in [0, 0.1) is 0 Å². The molecule has 1 unspecified atom stereocenters. The lowest BCUT2D eigenvalue weighted by Crippen LogP contribution is -2.52. The molecule has 33 heavy (non-hydrogen) atoms. The molecule has 2 aromatic carbocycles. The molecule has 0 radical (unpaired) electrons. The van der Waals surface area contributed by atoms with Crippen molar-refractivity contribution in [3.05, 3.63) is 42.5 Å². The number of anilines is 2. The van der Waals surface area contributed by atoms with Crippen molar-refractivity contribution in [1.29, 1.82) is 0 Å². The Kier molecular flexibility index (Phi) is 6.47. The molecular weight excluding hydrogens is 440 g/mol. The lowest BCUT2D eigenvalue weighted by atomic mass is 9.98. The third-order valence-electron chi connectivity index (χ3n) is 6.39. The molecule has 0 aromatic heterocycles. The first kappa shape index (κ1) is 23.3. The molecule has 2 aliphatic rings. The molecule has 2 amide bonds. The van der Waals surface area contributed by atoms with Gasteiger partial charge in [-0.15, -0.1) is 0 Å². The Morgan fingerprint density at radius 1 is 0.970 bits per heavy atom. The van der Waals surface area contributed by atoms with Gasteiger partial charge in [-0.1, -0.05) is 24.6 Å². The van der Waals surface area contributed by atoms with Crippen LogP contribution in [0.4, 0.5) is 16.2 Å². The topological polar surface area (TPSA) is 84.0 Å². The second-order valence-electron chi connectivity index (χ2n) is 9.00. The van der Waals surface area contributed by atoms with Gasteiger partial charge in [0.25, 0.3) is 0 Å². The van der Waals surface area contributed by atoms with Crippen molar-refractivity contribution >= 4 is 33.2 Å². The fraction of sp³-hybridized carbons (Fsp3) is 0.440. The quantitative estimate of drug-likeness (QED) is 0.644. The normalized spacial score (nSPS) is 19.2. The average molecular weight is 471 g/mol. The number of sulfone groups is 1. The molecule has 0 N–H and O–H groups in total. The summed E-state index contributed by atoms with van der Waals surface area (Å²) in [4.78, 5) is 29.1. The van der Waals surface area contributed by atoms with Gasteiger partial charge in [-0.05, 0) is 68.0 Å². The number of carbonyl (C=O) groups excluding carboxylic acids is 2. The zero-order valence-corrected chi connectivity index (χ0v) is 20.1. The van der Waals surface area contributed by atoms with Crippen LogP contribution in [0.25, 0.3) is 11.1 Å². The molecule has 1 atom stereocenters. The summed E-state index contributed by atoms with van der Waals surface area (Å²) in [5, 5.41) is 0. The summed E-state index contributed by atoms with van der Waals surface area (Å²) in [6, 6.07) is 12.0. The van der Waals surface area contributed by atoms with E-state index in [0.717, 1.165) is 31.2 Å². The molecule has 1 heterocycles. The minimum atomic E-state index is -3.36. The maximum absolute atomic E-state index is 13.2. The number of ether oxygens (including phenoxy) is 1. The molecule has 7 nitrogen and oxygen atoms in total. The van der Waals surface area contributed by atoms with Gasteiger partial charge >= 0.3 is 6.09 Å². The minimum Gasteiger partial charge on any atom is -0.446 e. The highest BCUT2D eigenvalue weighted by atomic mass is 32.2. The molecule has 4 rings (SSSR count). The first-order chi connectivity index (χ1) is 15.6. The number of hydrogen-bond acceptors (Lipinski definition) is 5. The van der Waals surface area contributed by atoms with Crippen LogP contribution in [0.3, 0.4) is 0 Å². The molecule has 1 aliphatic carbocycles. The fourth-order valence-electron chi connectivity index (χ4n) is 4.75. The van der Waals surface area contributed by atoms with Crippen LogP contribution in [0.5, 0.6) is 0 Å². The monoisotopic (exact) mass is 470 g/mol. The Labute approximate surface area is 195 Å². The Bertz CT molecular complexity index is 1170. The smallest absolute Gasteiger partial charge is 0.414 e. The maximum Gasteiger partial charge on any atom is 0.414 e. The van der Waals surface area contributed by atoms with Crippen molar-refractivity contribution in [2.75, 3.05) is 22.6 Å². The fourth-order valence-corrected chi connectivity index (χ4v) is 5.42. The van der Waals surface area contributed by atoms with E-state index in [1.54, 1.807) is 28.0 Å². The number of hydrogen-bond donors (Lipinski definition) is 0. The predicted molar refractivity (Wildman–Crippen MR) is 128 cm³/mol. The van der Waals surface area contributed by atoms with Gasteiger partial charge in [-0.25, -0.2) is 13.2 Å². The molecule has 0 bridgehead atoms. The zero-order chi connectivity index (χ0) is 23.8. The summed E-state index contributed by atoms with van der Waals surface area (Å²) in [7, 11) is -3.36. The molecule has 2 aromatic rings. The standard InChI is InChI=1S/C25H30N2O5S/c1-17-16-26(25(29)32-21-9-5-4-6-10-21)24-15-20(12-13-23(24)27(17)18(2)28)19-8-7-11-22(14-19)33(3,30)31/h7-8,11-15,17,21H,4-6,9-10,16H2,1-3H3. The molecule has 8 heteroatoms. The molecule has 1 saturated carbocycles. The average Bonchev–Trinajstić information content (AvgIpc) is 2.78. The van der Waals surface area contributed by atoms with Crippen molar-refractivity contribution in [3.63, 3.8) is 0 Å². The van der Waals surface area contributed by atoms with E-state index < -0.39 is 15.9 Å². The Hall–Kier alpha value is -2.87. The van der Waals surface area contributed by atoms with E-state index in [4.69, 9.17) is 4.74 Å². The molecule has 1 aliphatic heterocycles. The lowest BCUT2D eigenvalue weighted by Gasteiger charge is -2.41. The van der Waals surface area contributed by atoms with Gasteiger partial charge in [-0.2, -0.15) is 0 Å². The van der Waals surface area contributed by atoms with Crippen LogP contribution in [-0.4, -0.2) is 45.4 Å². The minimum absolute atomic E-state index is 0.0783. The Balaban J connectivity index is 1.74. The summed E-state index contributed by atoms with van der Waals surface area (Å²) >= 11 is 0. The second kappa shape index (κ2) is 9.17. The van der Waals surface area contributed by atoms with Gasteiger partial charge in [0.15, 0.2) is 9.84 Å². The molecule has 0 spiro atoms. The second-order valence-corrected chi connectivity index (χ2v) is 11.0. The SMILES string of the molecule is CC(=O)N1c2ccc(-c3cccc(S(C)(=O)=O)c3)cc2N(C(=O)OC2CCCCC2)CC1C. The van der Waals surface area contributed by atoms with Crippen LogP contribution in [-0.2, 0) is 19.4 Å². The van der Waals surface area contributed by atoms with Crippen LogP contribution >= 0.6 is 0 Å². The highest BCUT2D eigenvalue weighted by molar-refractivity contribution is 7.90. The molecule has 176 valence electrons. The first-order valence-corrected chi connectivity index (χ1v) is 13.3. The molecular formula is C25H30N2O5S. The van der Waals surface area contributed by atoms with Gasteiger partial charge in [0.05, 0.1) is 22.3 Å².